The summed E-state index contributed by atoms with van der Waals surface area (Å²) >= 11 is 0. The maximum absolute atomic E-state index is 13.8. The van der Waals surface area contributed by atoms with Crippen molar-refractivity contribution >= 4 is 22.1 Å². The molecule has 138 valence electrons. The number of hydrogen-bond acceptors (Lipinski definition) is 5. The highest BCUT2D eigenvalue weighted by molar-refractivity contribution is 7.87. The van der Waals surface area contributed by atoms with Crippen LogP contribution in [0.25, 0.3) is 0 Å². The highest BCUT2D eigenvalue weighted by atomic mass is 32.2. The van der Waals surface area contributed by atoms with Crippen LogP contribution in [0.3, 0.4) is 0 Å². The lowest BCUT2D eigenvalue weighted by Gasteiger charge is -2.17. The normalized spacial score (nSPS) is 18.1. The summed E-state index contributed by atoms with van der Waals surface area (Å²) in [5.41, 5.74) is -1.20. The standard InChI is InChI=1S/C14H16F2N2O6S/c1-2-24-12-6-9(14(20)21)11(16)5-10(12)13(19)17-25(22,23)18-4-3-8(15)7-18/h5-6,8H,2-4,7H2,1H3,(H,17,19)(H,20,21)/t8-/m0/s1. The molecule has 0 spiro atoms. The lowest BCUT2D eigenvalue weighted by Crippen LogP contribution is -2.42. The van der Waals surface area contributed by atoms with Crippen molar-refractivity contribution in [2.75, 3.05) is 19.7 Å². The Labute approximate surface area is 142 Å². The monoisotopic (exact) mass is 378 g/mol. The summed E-state index contributed by atoms with van der Waals surface area (Å²) < 4.78 is 58.8. The Hall–Kier alpha value is -2.27. The lowest BCUT2D eigenvalue weighted by molar-refractivity contribution is 0.0690. The molecule has 8 nitrogen and oxygen atoms in total. The molecule has 0 aromatic heterocycles. The van der Waals surface area contributed by atoms with Crippen molar-refractivity contribution in [2.24, 2.45) is 0 Å². The molecule has 1 amide bonds. The number of alkyl halides is 1. The van der Waals surface area contributed by atoms with Gasteiger partial charge in [0.25, 0.3) is 5.91 Å². The molecule has 2 rings (SSSR count). The topological polar surface area (TPSA) is 113 Å². The first-order valence-electron chi connectivity index (χ1n) is 7.31. The molecule has 1 aliphatic heterocycles. The number of amides is 1. The van der Waals surface area contributed by atoms with Gasteiger partial charge in [-0.25, -0.2) is 18.3 Å². The number of carboxylic acids is 1. The largest absolute Gasteiger partial charge is 0.493 e. The van der Waals surface area contributed by atoms with Crippen molar-refractivity contribution in [2.45, 2.75) is 19.5 Å². The molecule has 11 heteroatoms. The molecule has 1 saturated heterocycles. The summed E-state index contributed by atoms with van der Waals surface area (Å²) in [7, 11) is -4.31. The first kappa shape index (κ1) is 19.1. The van der Waals surface area contributed by atoms with Crippen LogP contribution in [0, 0.1) is 5.82 Å². The predicted octanol–water partition coefficient (Wildman–Crippen LogP) is 0.941. The van der Waals surface area contributed by atoms with Crippen LogP contribution in [0.1, 0.15) is 34.1 Å². The third-order valence-electron chi connectivity index (χ3n) is 3.50. The molecule has 1 aromatic rings. The van der Waals surface area contributed by atoms with E-state index >= 15 is 0 Å². The first-order valence-corrected chi connectivity index (χ1v) is 8.75. The van der Waals surface area contributed by atoms with Gasteiger partial charge in [-0.1, -0.05) is 0 Å². The molecule has 0 saturated carbocycles. The van der Waals surface area contributed by atoms with Crippen molar-refractivity contribution in [3.63, 3.8) is 0 Å². The van der Waals surface area contributed by atoms with Crippen molar-refractivity contribution in [1.82, 2.24) is 9.03 Å². The highest BCUT2D eigenvalue weighted by Gasteiger charge is 2.33. The van der Waals surface area contributed by atoms with Gasteiger partial charge < -0.3 is 9.84 Å². The number of nitrogens with zero attached hydrogens (tertiary/aromatic N) is 1. The summed E-state index contributed by atoms with van der Waals surface area (Å²) in [6.45, 7) is 1.11. The number of carbonyl (C=O) groups is 2. The third-order valence-corrected chi connectivity index (χ3v) is 4.95. The average Bonchev–Trinajstić information content (AvgIpc) is 2.95. The number of nitrogens with one attached hydrogen (secondary N) is 1. The van der Waals surface area contributed by atoms with Gasteiger partial charge in [-0.15, -0.1) is 0 Å². The maximum Gasteiger partial charge on any atom is 0.338 e. The smallest absolute Gasteiger partial charge is 0.338 e. The van der Waals surface area contributed by atoms with Crippen LogP contribution in [-0.4, -0.2) is 55.6 Å². The minimum absolute atomic E-state index is 0.0151. The summed E-state index contributed by atoms with van der Waals surface area (Å²) in [6.07, 6.45) is -1.31. The fraction of sp³-hybridized carbons (Fsp3) is 0.429. The van der Waals surface area contributed by atoms with Gasteiger partial charge in [0.1, 0.15) is 17.7 Å². The molecule has 1 heterocycles. The van der Waals surface area contributed by atoms with Gasteiger partial charge in [-0.05, 0) is 25.5 Å². The zero-order valence-electron chi connectivity index (χ0n) is 13.2. The number of rotatable bonds is 6. The van der Waals surface area contributed by atoms with E-state index in [1.54, 1.807) is 11.6 Å². The van der Waals surface area contributed by atoms with E-state index in [1.165, 1.54) is 0 Å². The molecule has 1 fully saturated rings. The van der Waals surface area contributed by atoms with Crippen molar-refractivity contribution in [3.8, 4) is 5.75 Å². The van der Waals surface area contributed by atoms with Crippen LogP contribution in [-0.2, 0) is 10.2 Å². The van der Waals surface area contributed by atoms with Gasteiger partial charge in [-0.3, -0.25) is 4.79 Å². The Bertz CT molecular complexity index is 799. The molecule has 1 aliphatic rings. The van der Waals surface area contributed by atoms with Gasteiger partial charge in [0.05, 0.1) is 17.7 Å². The van der Waals surface area contributed by atoms with Crippen molar-refractivity contribution in [1.29, 1.82) is 0 Å². The number of benzene rings is 1. The van der Waals surface area contributed by atoms with Crippen LogP contribution in [0.2, 0.25) is 0 Å². The Balaban J connectivity index is 2.32. The van der Waals surface area contributed by atoms with Crippen LogP contribution >= 0.6 is 0 Å². The molecule has 25 heavy (non-hydrogen) atoms. The molecule has 1 atom stereocenters. The van der Waals surface area contributed by atoms with Crippen LogP contribution in [0.15, 0.2) is 12.1 Å². The van der Waals surface area contributed by atoms with Gasteiger partial charge in [-0.2, -0.15) is 12.7 Å². The van der Waals surface area contributed by atoms with Gasteiger partial charge in [0, 0.05) is 13.1 Å². The Morgan fingerprint density at radius 1 is 1.40 bits per heavy atom. The van der Waals surface area contributed by atoms with E-state index in [2.05, 4.69) is 0 Å². The number of carbonyl (C=O) groups excluding carboxylic acids is 1. The summed E-state index contributed by atoms with van der Waals surface area (Å²) in [5, 5.41) is 8.91. The molecule has 0 aliphatic carbocycles. The highest BCUT2D eigenvalue weighted by Crippen LogP contribution is 2.24. The van der Waals surface area contributed by atoms with Crippen molar-refractivity contribution < 1.29 is 36.6 Å². The van der Waals surface area contributed by atoms with Gasteiger partial charge >= 0.3 is 16.2 Å². The van der Waals surface area contributed by atoms with E-state index in [-0.39, 0.29) is 31.9 Å². The number of hydrogen-bond donors (Lipinski definition) is 2. The second-order valence-corrected chi connectivity index (χ2v) is 6.92. The second-order valence-electron chi connectivity index (χ2n) is 5.25. The Morgan fingerprint density at radius 2 is 2.08 bits per heavy atom. The van der Waals surface area contributed by atoms with E-state index in [1.807, 2.05) is 0 Å². The minimum atomic E-state index is -4.31. The number of carboxylic acid groups (broad SMARTS) is 1. The fourth-order valence-corrected chi connectivity index (χ4v) is 3.49. The van der Waals surface area contributed by atoms with Gasteiger partial charge in [0.2, 0.25) is 0 Å². The number of halogens is 2. The molecule has 0 radical (unpaired) electrons. The van der Waals surface area contributed by atoms with Crippen molar-refractivity contribution in [3.05, 3.63) is 29.1 Å². The molecular weight excluding hydrogens is 362 g/mol. The number of aromatic carboxylic acids is 1. The molecular formula is C14H16F2N2O6S. The molecule has 2 N–H and O–H groups in total. The van der Waals surface area contributed by atoms with Crippen LogP contribution < -0.4 is 9.46 Å². The quantitative estimate of drug-likeness (QED) is 0.762. The molecule has 1 aromatic carbocycles. The number of ether oxygens (including phenoxy) is 1. The summed E-state index contributed by atoms with van der Waals surface area (Å²) in [4.78, 5) is 23.2. The minimum Gasteiger partial charge on any atom is -0.493 e. The van der Waals surface area contributed by atoms with E-state index in [0.29, 0.717) is 6.07 Å². The second kappa shape index (κ2) is 7.31. The zero-order valence-corrected chi connectivity index (χ0v) is 14.0. The summed E-state index contributed by atoms with van der Waals surface area (Å²) in [5.74, 6) is -4.27. The predicted molar refractivity (Wildman–Crippen MR) is 82.0 cm³/mol. The van der Waals surface area contributed by atoms with E-state index in [0.717, 1.165) is 10.4 Å². The lowest BCUT2D eigenvalue weighted by atomic mass is 10.1. The van der Waals surface area contributed by atoms with E-state index < -0.39 is 45.2 Å². The van der Waals surface area contributed by atoms with Crippen LogP contribution in [0.4, 0.5) is 8.78 Å². The third kappa shape index (κ3) is 4.23. The first-order chi connectivity index (χ1) is 11.7. The Morgan fingerprint density at radius 3 is 2.60 bits per heavy atom. The zero-order chi connectivity index (χ0) is 18.8. The van der Waals surface area contributed by atoms with E-state index in [4.69, 9.17) is 9.84 Å². The van der Waals surface area contributed by atoms with Gasteiger partial charge in [0.15, 0.2) is 0 Å². The van der Waals surface area contributed by atoms with E-state index in [9.17, 15) is 26.8 Å². The molecule has 0 unspecified atom stereocenters. The Kier molecular flexibility index (Phi) is 5.58. The SMILES string of the molecule is CCOc1cc(C(=O)O)c(F)cc1C(=O)NS(=O)(=O)N1CC[C@H](F)C1. The maximum atomic E-state index is 13.8. The fourth-order valence-electron chi connectivity index (χ4n) is 2.31. The van der Waals surface area contributed by atoms with Crippen LogP contribution in [0.5, 0.6) is 5.75 Å². The average molecular weight is 378 g/mol. The summed E-state index contributed by atoms with van der Waals surface area (Å²) in [6, 6.07) is 1.39. The molecule has 0 bridgehead atoms.